The molecule has 1 aliphatic heterocycles. The molecule has 5 nitrogen and oxygen atoms in total. The van der Waals surface area contributed by atoms with Crippen LogP contribution in [0.4, 0.5) is 4.39 Å². The molecule has 7 heteroatoms. The lowest BCUT2D eigenvalue weighted by Crippen LogP contribution is -2.51. The number of methoxy groups -OCH3 is 1. The fourth-order valence-corrected chi connectivity index (χ4v) is 3.47. The van der Waals surface area contributed by atoms with Crippen LogP contribution in [-0.4, -0.2) is 55.0 Å². The lowest BCUT2D eigenvalue weighted by Gasteiger charge is -2.38. The molecule has 1 unspecified atom stereocenters. The van der Waals surface area contributed by atoms with Crippen LogP contribution in [0.15, 0.2) is 42.5 Å². The van der Waals surface area contributed by atoms with E-state index in [0.29, 0.717) is 42.3 Å². The van der Waals surface area contributed by atoms with Crippen molar-refractivity contribution in [2.45, 2.75) is 13.0 Å². The molecular formula is C21H22ClFN2O3. The topological polar surface area (TPSA) is 49.9 Å². The fraction of sp³-hybridized carbons (Fsp3) is 0.333. The maximum atomic E-state index is 13.8. The van der Waals surface area contributed by atoms with E-state index in [-0.39, 0.29) is 11.9 Å². The smallest absolute Gasteiger partial charge is 0.327 e. The van der Waals surface area contributed by atoms with Crippen molar-refractivity contribution in [1.82, 2.24) is 9.80 Å². The van der Waals surface area contributed by atoms with Gasteiger partial charge in [-0.05, 0) is 42.3 Å². The van der Waals surface area contributed by atoms with E-state index >= 15 is 0 Å². The van der Waals surface area contributed by atoms with Gasteiger partial charge in [-0.3, -0.25) is 9.69 Å². The van der Waals surface area contributed by atoms with Crippen molar-refractivity contribution in [3.63, 3.8) is 0 Å². The minimum Gasteiger partial charge on any atom is -0.468 e. The van der Waals surface area contributed by atoms with Crippen LogP contribution in [0.1, 0.15) is 27.5 Å². The van der Waals surface area contributed by atoms with Gasteiger partial charge in [0.2, 0.25) is 0 Å². The number of hydrogen-bond acceptors (Lipinski definition) is 4. The molecule has 0 radical (unpaired) electrons. The van der Waals surface area contributed by atoms with Crippen LogP contribution < -0.4 is 0 Å². The highest BCUT2D eigenvalue weighted by Crippen LogP contribution is 2.25. The molecule has 0 N–H and O–H groups in total. The van der Waals surface area contributed by atoms with Gasteiger partial charge in [-0.2, -0.15) is 0 Å². The van der Waals surface area contributed by atoms with Crippen LogP contribution in [0, 0.1) is 12.7 Å². The van der Waals surface area contributed by atoms with Gasteiger partial charge in [0.1, 0.15) is 11.9 Å². The van der Waals surface area contributed by atoms with Crippen LogP contribution in [-0.2, 0) is 9.53 Å². The van der Waals surface area contributed by atoms with Crippen molar-refractivity contribution < 1.29 is 18.7 Å². The number of carbonyl (C=O) groups excluding carboxylic acids is 2. The van der Waals surface area contributed by atoms with Gasteiger partial charge in [0.25, 0.3) is 5.91 Å². The predicted molar refractivity (Wildman–Crippen MR) is 105 cm³/mol. The lowest BCUT2D eigenvalue weighted by molar-refractivity contribution is -0.148. The SMILES string of the molecule is COC(=O)C(c1ccc(Cl)cc1)N1CCN(C(=O)c2ccc(C)c(F)c2)CC1. The molecule has 0 aromatic heterocycles. The van der Waals surface area contributed by atoms with E-state index in [4.69, 9.17) is 16.3 Å². The first-order valence-corrected chi connectivity index (χ1v) is 9.41. The number of nitrogens with zero attached hydrogens (tertiary/aromatic N) is 2. The van der Waals surface area contributed by atoms with Gasteiger partial charge in [-0.1, -0.05) is 29.8 Å². The molecule has 0 aliphatic carbocycles. The van der Waals surface area contributed by atoms with Crippen LogP contribution in [0.2, 0.25) is 5.02 Å². The summed E-state index contributed by atoms with van der Waals surface area (Å²) in [6.45, 7) is 3.54. The molecule has 1 atom stereocenters. The van der Waals surface area contributed by atoms with Crippen LogP contribution in [0.25, 0.3) is 0 Å². The molecule has 0 bridgehead atoms. The molecule has 3 rings (SSSR count). The molecule has 0 spiro atoms. The largest absolute Gasteiger partial charge is 0.468 e. The highest BCUT2D eigenvalue weighted by Gasteiger charge is 2.32. The van der Waals surface area contributed by atoms with Gasteiger partial charge < -0.3 is 9.64 Å². The summed E-state index contributed by atoms with van der Waals surface area (Å²) in [7, 11) is 1.36. The van der Waals surface area contributed by atoms with Gasteiger partial charge in [0, 0.05) is 36.8 Å². The molecule has 1 aliphatic rings. The quantitative estimate of drug-likeness (QED) is 0.732. The zero-order valence-electron chi connectivity index (χ0n) is 15.8. The van der Waals surface area contributed by atoms with E-state index in [9.17, 15) is 14.0 Å². The van der Waals surface area contributed by atoms with E-state index in [1.54, 1.807) is 48.2 Å². The van der Waals surface area contributed by atoms with Gasteiger partial charge >= 0.3 is 5.97 Å². The Morgan fingerprint density at radius 1 is 1.07 bits per heavy atom. The molecular weight excluding hydrogens is 383 g/mol. The molecule has 1 saturated heterocycles. The minimum atomic E-state index is -0.559. The second-order valence-electron chi connectivity index (χ2n) is 6.77. The number of piperazine rings is 1. The third-order valence-electron chi connectivity index (χ3n) is 5.00. The third kappa shape index (κ3) is 4.34. The molecule has 1 heterocycles. The van der Waals surface area contributed by atoms with Crippen molar-refractivity contribution in [3.8, 4) is 0 Å². The Morgan fingerprint density at radius 3 is 2.29 bits per heavy atom. The number of halogens is 2. The minimum absolute atomic E-state index is 0.209. The van der Waals surface area contributed by atoms with Crippen molar-refractivity contribution in [2.75, 3.05) is 33.3 Å². The number of rotatable bonds is 4. The van der Waals surface area contributed by atoms with Gasteiger partial charge in [-0.25, -0.2) is 9.18 Å². The Balaban J connectivity index is 1.71. The van der Waals surface area contributed by atoms with Crippen molar-refractivity contribution >= 4 is 23.5 Å². The Hall–Kier alpha value is -2.44. The van der Waals surface area contributed by atoms with E-state index in [1.165, 1.54) is 13.2 Å². The van der Waals surface area contributed by atoms with Crippen LogP contribution in [0.3, 0.4) is 0 Å². The normalized spacial score (nSPS) is 15.9. The summed E-state index contributed by atoms with van der Waals surface area (Å²) in [5, 5.41) is 0.591. The lowest BCUT2D eigenvalue weighted by atomic mass is 10.0. The standard InChI is InChI=1S/C21H22ClFN2O3/c1-14-3-4-16(13-18(14)23)20(26)25-11-9-24(10-12-25)19(21(27)28-2)15-5-7-17(22)8-6-15/h3-8,13,19H,9-12H2,1-2H3. The molecule has 1 amide bonds. The first kappa shape index (κ1) is 20.3. The monoisotopic (exact) mass is 404 g/mol. The number of carbonyl (C=O) groups is 2. The average Bonchev–Trinajstić information content (AvgIpc) is 2.71. The Morgan fingerprint density at radius 2 is 1.71 bits per heavy atom. The Bertz CT molecular complexity index is 864. The Kier molecular flexibility index (Phi) is 6.31. The van der Waals surface area contributed by atoms with Gasteiger partial charge in [0.15, 0.2) is 0 Å². The summed E-state index contributed by atoms with van der Waals surface area (Å²) >= 11 is 5.95. The second-order valence-corrected chi connectivity index (χ2v) is 7.21. The zero-order chi connectivity index (χ0) is 20.3. The van der Waals surface area contributed by atoms with E-state index in [0.717, 1.165) is 5.56 Å². The molecule has 2 aromatic carbocycles. The summed E-state index contributed by atoms with van der Waals surface area (Å²) in [5.74, 6) is -0.958. The van der Waals surface area contributed by atoms with Crippen LogP contribution in [0.5, 0.6) is 0 Å². The second kappa shape index (κ2) is 8.71. The first-order valence-electron chi connectivity index (χ1n) is 9.03. The van der Waals surface area contributed by atoms with Crippen molar-refractivity contribution in [2.24, 2.45) is 0 Å². The number of benzene rings is 2. The highest BCUT2D eigenvalue weighted by atomic mass is 35.5. The molecule has 2 aromatic rings. The number of ether oxygens (including phenoxy) is 1. The molecule has 0 saturated carbocycles. The first-order chi connectivity index (χ1) is 13.4. The number of amides is 1. The highest BCUT2D eigenvalue weighted by molar-refractivity contribution is 6.30. The number of hydrogen-bond donors (Lipinski definition) is 0. The summed E-state index contributed by atoms with van der Waals surface area (Å²) in [5.41, 5.74) is 1.63. The number of esters is 1. The summed E-state index contributed by atoms with van der Waals surface area (Å²) in [6, 6.07) is 11.0. The van der Waals surface area contributed by atoms with Crippen LogP contribution >= 0.6 is 11.6 Å². The summed E-state index contributed by atoms with van der Waals surface area (Å²) in [6.07, 6.45) is 0. The van der Waals surface area contributed by atoms with E-state index in [2.05, 4.69) is 0 Å². The average molecular weight is 405 g/mol. The third-order valence-corrected chi connectivity index (χ3v) is 5.25. The predicted octanol–water partition coefficient (Wildman–Crippen LogP) is 3.46. The maximum Gasteiger partial charge on any atom is 0.327 e. The summed E-state index contributed by atoms with van der Waals surface area (Å²) in [4.78, 5) is 28.7. The maximum absolute atomic E-state index is 13.8. The fourth-order valence-electron chi connectivity index (χ4n) is 3.34. The van der Waals surface area contributed by atoms with Gasteiger partial charge in [0.05, 0.1) is 7.11 Å². The van der Waals surface area contributed by atoms with E-state index in [1.807, 2.05) is 4.90 Å². The van der Waals surface area contributed by atoms with Crippen molar-refractivity contribution in [1.29, 1.82) is 0 Å². The molecule has 148 valence electrons. The molecule has 28 heavy (non-hydrogen) atoms. The zero-order valence-corrected chi connectivity index (χ0v) is 16.6. The number of aryl methyl sites for hydroxylation is 1. The van der Waals surface area contributed by atoms with Gasteiger partial charge in [-0.15, -0.1) is 0 Å². The Labute approximate surface area is 168 Å². The van der Waals surface area contributed by atoms with Crippen molar-refractivity contribution in [3.05, 3.63) is 70.0 Å². The molecule has 1 fully saturated rings. The summed E-state index contributed by atoms with van der Waals surface area (Å²) < 4.78 is 18.8. The van der Waals surface area contributed by atoms with E-state index < -0.39 is 11.9 Å².